The molecule has 1 rings (SSSR count). The van der Waals surface area contributed by atoms with Crippen LogP contribution in [0.3, 0.4) is 0 Å². The van der Waals surface area contributed by atoms with E-state index in [1.54, 1.807) is 20.8 Å². The van der Waals surface area contributed by atoms with E-state index in [0.29, 0.717) is 6.54 Å². The fourth-order valence-electron chi connectivity index (χ4n) is 1.51. The lowest BCUT2D eigenvalue weighted by molar-refractivity contribution is 0.0269. The molecule has 0 saturated carbocycles. The predicted molar refractivity (Wildman–Crippen MR) is 54.4 cm³/mol. The molecule has 0 aromatic rings. The van der Waals surface area contributed by atoms with Gasteiger partial charge in [-0.25, -0.2) is 4.79 Å². The van der Waals surface area contributed by atoms with E-state index in [-0.39, 0.29) is 19.1 Å². The SMILES string of the molecule is CC(C)(C)OC(=O)N1C[C@H](CO)[C@H](O)C1. The second-order valence-corrected chi connectivity index (χ2v) is 4.90. The molecule has 0 unspecified atom stereocenters. The van der Waals surface area contributed by atoms with Gasteiger partial charge < -0.3 is 19.8 Å². The van der Waals surface area contributed by atoms with Crippen molar-refractivity contribution >= 4 is 6.09 Å². The Balaban J connectivity index is 2.50. The van der Waals surface area contributed by atoms with Gasteiger partial charge in [-0.2, -0.15) is 0 Å². The van der Waals surface area contributed by atoms with Gasteiger partial charge in [0.1, 0.15) is 5.60 Å². The first-order valence-corrected chi connectivity index (χ1v) is 5.10. The molecule has 1 fully saturated rings. The molecular formula is C10H19NO4. The van der Waals surface area contributed by atoms with Crippen molar-refractivity contribution < 1.29 is 19.7 Å². The van der Waals surface area contributed by atoms with Gasteiger partial charge in [0, 0.05) is 12.5 Å². The number of hydrogen-bond donors (Lipinski definition) is 2. The molecule has 0 aliphatic carbocycles. The lowest BCUT2D eigenvalue weighted by atomic mass is 10.1. The number of ether oxygens (including phenoxy) is 1. The number of rotatable bonds is 1. The van der Waals surface area contributed by atoms with Crippen LogP contribution in [0.5, 0.6) is 0 Å². The van der Waals surface area contributed by atoms with Crippen molar-refractivity contribution in [1.82, 2.24) is 4.90 Å². The summed E-state index contributed by atoms with van der Waals surface area (Å²) in [5.41, 5.74) is -0.528. The molecule has 1 amide bonds. The maximum atomic E-state index is 11.6. The summed E-state index contributed by atoms with van der Waals surface area (Å²) in [5, 5.41) is 18.4. The van der Waals surface area contributed by atoms with Crippen LogP contribution in [0.25, 0.3) is 0 Å². The Morgan fingerprint density at radius 1 is 1.47 bits per heavy atom. The van der Waals surface area contributed by atoms with Crippen molar-refractivity contribution in [2.45, 2.75) is 32.5 Å². The van der Waals surface area contributed by atoms with Gasteiger partial charge in [-0.3, -0.25) is 0 Å². The zero-order chi connectivity index (χ0) is 11.6. The first kappa shape index (κ1) is 12.3. The van der Waals surface area contributed by atoms with Crippen LogP contribution >= 0.6 is 0 Å². The Labute approximate surface area is 89.6 Å². The van der Waals surface area contributed by atoms with Gasteiger partial charge in [-0.1, -0.05) is 0 Å². The number of amides is 1. The number of carbonyl (C=O) groups is 1. The van der Waals surface area contributed by atoms with Gasteiger partial charge >= 0.3 is 6.09 Å². The van der Waals surface area contributed by atoms with Crippen LogP contribution in [0.1, 0.15) is 20.8 Å². The molecule has 0 aromatic carbocycles. The number of hydrogen-bond acceptors (Lipinski definition) is 4. The number of carbonyl (C=O) groups excluding carboxylic acids is 1. The summed E-state index contributed by atoms with van der Waals surface area (Å²) in [7, 11) is 0. The van der Waals surface area contributed by atoms with Gasteiger partial charge in [0.15, 0.2) is 0 Å². The molecule has 0 radical (unpaired) electrons. The molecule has 1 heterocycles. The van der Waals surface area contributed by atoms with E-state index in [4.69, 9.17) is 9.84 Å². The van der Waals surface area contributed by atoms with Crippen LogP contribution in [0, 0.1) is 5.92 Å². The highest BCUT2D eigenvalue weighted by atomic mass is 16.6. The molecular weight excluding hydrogens is 198 g/mol. The van der Waals surface area contributed by atoms with Gasteiger partial charge in [0.2, 0.25) is 0 Å². The smallest absolute Gasteiger partial charge is 0.410 e. The third-order valence-electron chi connectivity index (χ3n) is 2.29. The minimum Gasteiger partial charge on any atom is -0.444 e. The monoisotopic (exact) mass is 217 g/mol. The zero-order valence-electron chi connectivity index (χ0n) is 9.43. The highest BCUT2D eigenvalue weighted by Gasteiger charge is 2.35. The molecule has 2 atom stereocenters. The summed E-state index contributed by atoms with van der Waals surface area (Å²) in [4.78, 5) is 13.0. The van der Waals surface area contributed by atoms with Crippen LogP contribution in [0.15, 0.2) is 0 Å². The van der Waals surface area contributed by atoms with Crippen LogP contribution < -0.4 is 0 Å². The standard InChI is InChI=1S/C10H19NO4/c1-10(2,3)15-9(14)11-4-7(6-12)8(13)5-11/h7-8,12-13H,4-6H2,1-3H3/t7-,8-/m1/s1. The third-order valence-corrected chi connectivity index (χ3v) is 2.29. The van der Waals surface area contributed by atoms with Gasteiger partial charge in [0.25, 0.3) is 0 Å². The van der Waals surface area contributed by atoms with E-state index < -0.39 is 17.8 Å². The van der Waals surface area contributed by atoms with Crippen LogP contribution in [0.2, 0.25) is 0 Å². The topological polar surface area (TPSA) is 70.0 Å². The molecule has 1 saturated heterocycles. The Morgan fingerprint density at radius 2 is 2.07 bits per heavy atom. The van der Waals surface area contributed by atoms with Crippen molar-refractivity contribution in [2.75, 3.05) is 19.7 Å². The highest BCUT2D eigenvalue weighted by molar-refractivity contribution is 5.68. The number of nitrogens with zero attached hydrogens (tertiary/aromatic N) is 1. The number of aliphatic hydroxyl groups is 2. The second kappa shape index (κ2) is 4.37. The molecule has 0 aromatic heterocycles. The van der Waals surface area contributed by atoms with Crippen LogP contribution in [0.4, 0.5) is 4.79 Å². The largest absolute Gasteiger partial charge is 0.444 e. The van der Waals surface area contributed by atoms with E-state index in [1.165, 1.54) is 4.90 Å². The molecule has 1 aliphatic rings. The van der Waals surface area contributed by atoms with Crippen molar-refractivity contribution in [2.24, 2.45) is 5.92 Å². The maximum Gasteiger partial charge on any atom is 0.410 e. The Hall–Kier alpha value is -0.810. The van der Waals surface area contributed by atoms with E-state index in [9.17, 15) is 9.90 Å². The molecule has 5 nitrogen and oxygen atoms in total. The number of likely N-dealkylation sites (tertiary alicyclic amines) is 1. The van der Waals surface area contributed by atoms with Gasteiger partial charge in [0.05, 0.1) is 19.3 Å². The lowest BCUT2D eigenvalue weighted by Gasteiger charge is -2.24. The van der Waals surface area contributed by atoms with Crippen molar-refractivity contribution in [3.63, 3.8) is 0 Å². The van der Waals surface area contributed by atoms with E-state index in [1.807, 2.05) is 0 Å². The molecule has 1 aliphatic heterocycles. The third kappa shape index (κ3) is 3.35. The van der Waals surface area contributed by atoms with E-state index >= 15 is 0 Å². The Morgan fingerprint density at radius 3 is 2.47 bits per heavy atom. The van der Waals surface area contributed by atoms with Crippen molar-refractivity contribution in [3.8, 4) is 0 Å². The lowest BCUT2D eigenvalue weighted by Crippen LogP contribution is -2.35. The maximum absolute atomic E-state index is 11.6. The summed E-state index contributed by atoms with van der Waals surface area (Å²) in [5.74, 6) is -0.252. The average Bonchev–Trinajstić information content (AvgIpc) is 2.43. The average molecular weight is 217 g/mol. The second-order valence-electron chi connectivity index (χ2n) is 4.90. The van der Waals surface area contributed by atoms with Gasteiger partial charge in [-0.15, -0.1) is 0 Å². The van der Waals surface area contributed by atoms with E-state index in [0.717, 1.165) is 0 Å². The minimum absolute atomic E-state index is 0.111. The minimum atomic E-state index is -0.650. The first-order valence-electron chi connectivity index (χ1n) is 5.10. The summed E-state index contributed by atoms with van der Waals surface area (Å²) in [6.07, 6.45) is -1.08. The Kier molecular flexibility index (Phi) is 3.57. The summed E-state index contributed by atoms with van der Waals surface area (Å²) in [6.45, 7) is 5.86. The molecule has 0 bridgehead atoms. The van der Waals surface area contributed by atoms with Crippen molar-refractivity contribution in [1.29, 1.82) is 0 Å². The number of β-amino-alcohol motifs (C(OH)–C–C–N with tert-alkyl or cyclic N) is 1. The summed E-state index contributed by atoms with van der Waals surface area (Å²) >= 11 is 0. The van der Waals surface area contributed by atoms with Crippen LogP contribution in [-0.4, -0.2) is 52.6 Å². The van der Waals surface area contributed by atoms with Crippen molar-refractivity contribution in [3.05, 3.63) is 0 Å². The zero-order valence-corrected chi connectivity index (χ0v) is 9.43. The fourth-order valence-corrected chi connectivity index (χ4v) is 1.51. The molecule has 88 valence electrons. The highest BCUT2D eigenvalue weighted by Crippen LogP contribution is 2.19. The Bertz CT molecular complexity index is 236. The summed E-state index contributed by atoms with van der Waals surface area (Å²) < 4.78 is 5.16. The summed E-state index contributed by atoms with van der Waals surface area (Å²) in [6, 6.07) is 0. The molecule has 0 spiro atoms. The fraction of sp³-hybridized carbons (Fsp3) is 0.900. The molecule has 15 heavy (non-hydrogen) atoms. The molecule has 2 N–H and O–H groups in total. The normalized spacial score (nSPS) is 26.9. The van der Waals surface area contributed by atoms with Crippen LogP contribution in [-0.2, 0) is 4.74 Å². The predicted octanol–water partition coefficient (Wildman–Crippen LogP) is 0.207. The first-order chi connectivity index (χ1) is 6.83. The molecule has 5 heteroatoms. The number of aliphatic hydroxyl groups excluding tert-OH is 2. The van der Waals surface area contributed by atoms with E-state index in [2.05, 4.69) is 0 Å². The van der Waals surface area contributed by atoms with Gasteiger partial charge in [-0.05, 0) is 20.8 Å². The quantitative estimate of drug-likeness (QED) is 0.658.